The number of aromatic amines is 1. The number of anilines is 1. The Morgan fingerprint density at radius 3 is 2.31 bits per heavy atom. The molecule has 2 heterocycles. The maximum atomic E-state index is 12.7. The summed E-state index contributed by atoms with van der Waals surface area (Å²) in [6.07, 6.45) is 1.44. The third kappa shape index (κ3) is 3.73. The molecule has 0 saturated carbocycles. The molecule has 9 heteroatoms. The van der Waals surface area contributed by atoms with E-state index >= 15 is 0 Å². The average Bonchev–Trinajstić information content (AvgIpc) is 2.62. The minimum absolute atomic E-state index is 0.226. The first-order valence-corrected chi connectivity index (χ1v) is 10.1. The number of hydrogen-bond acceptors (Lipinski definition) is 6. The van der Waals surface area contributed by atoms with Gasteiger partial charge < -0.3 is 9.64 Å². The molecule has 0 unspecified atom stereocenters. The number of rotatable bonds is 4. The Labute approximate surface area is 151 Å². The monoisotopic (exact) mass is 379 g/mol. The van der Waals surface area contributed by atoms with Crippen LogP contribution < -0.4 is 16.1 Å². The summed E-state index contributed by atoms with van der Waals surface area (Å²) in [5.74, 6) is 0.508. The summed E-state index contributed by atoms with van der Waals surface area (Å²) in [4.78, 5) is 29.7. The zero-order valence-corrected chi connectivity index (χ0v) is 15.5. The van der Waals surface area contributed by atoms with Crippen LogP contribution in [-0.2, 0) is 28.0 Å². The van der Waals surface area contributed by atoms with Crippen LogP contribution in [0.1, 0.15) is 11.1 Å². The van der Waals surface area contributed by atoms with E-state index in [1.54, 1.807) is 12.1 Å². The molecule has 0 atom stereocenters. The largest absolute Gasteiger partial charge is 0.378 e. The van der Waals surface area contributed by atoms with Crippen molar-refractivity contribution >= 4 is 15.7 Å². The maximum absolute atomic E-state index is 12.7. The number of ether oxygens (including phenoxy) is 1. The Morgan fingerprint density at radius 1 is 1.12 bits per heavy atom. The highest BCUT2D eigenvalue weighted by Gasteiger charge is 2.20. The summed E-state index contributed by atoms with van der Waals surface area (Å²) in [7, 11) is -1.84. The van der Waals surface area contributed by atoms with E-state index < -0.39 is 15.5 Å². The number of nitrogens with zero attached hydrogens (tertiary/aromatic N) is 2. The van der Waals surface area contributed by atoms with Crippen molar-refractivity contribution < 1.29 is 13.2 Å². The van der Waals surface area contributed by atoms with Crippen molar-refractivity contribution in [2.24, 2.45) is 7.05 Å². The van der Waals surface area contributed by atoms with Gasteiger partial charge in [0.15, 0.2) is 9.84 Å². The van der Waals surface area contributed by atoms with Crippen molar-refractivity contribution in [3.63, 3.8) is 0 Å². The minimum Gasteiger partial charge on any atom is -0.378 e. The lowest BCUT2D eigenvalue weighted by atomic mass is 10.1. The summed E-state index contributed by atoms with van der Waals surface area (Å²) >= 11 is 0. The second kappa shape index (κ2) is 7.08. The smallest absolute Gasteiger partial charge is 0.329 e. The molecule has 0 radical (unpaired) electrons. The molecule has 0 aliphatic carbocycles. The van der Waals surface area contributed by atoms with Crippen molar-refractivity contribution in [1.82, 2.24) is 9.55 Å². The lowest BCUT2D eigenvalue weighted by molar-refractivity contribution is 0.122. The highest BCUT2D eigenvalue weighted by molar-refractivity contribution is 7.90. The number of nitrogens with one attached hydrogen (secondary N) is 1. The molecule has 1 saturated heterocycles. The highest BCUT2D eigenvalue weighted by Crippen LogP contribution is 2.19. The van der Waals surface area contributed by atoms with Gasteiger partial charge in [-0.15, -0.1) is 0 Å². The Kier molecular flexibility index (Phi) is 5.01. The predicted octanol–water partition coefficient (Wildman–Crippen LogP) is -0.0955. The zero-order valence-electron chi connectivity index (χ0n) is 14.7. The molecule has 1 fully saturated rings. The number of benzene rings is 1. The van der Waals surface area contributed by atoms with Crippen LogP contribution in [0, 0.1) is 0 Å². The molecule has 1 aromatic carbocycles. The second-order valence-electron chi connectivity index (χ2n) is 6.31. The van der Waals surface area contributed by atoms with Crippen LogP contribution in [0.3, 0.4) is 0 Å². The Morgan fingerprint density at radius 2 is 1.73 bits per heavy atom. The Balaban J connectivity index is 2.02. The SMILES string of the molecule is Cn1c(=O)[nH]c(N2CCOCC2)c(Cc2ccc(S(C)(=O)=O)cc2)c1=O. The number of hydrogen-bond donors (Lipinski definition) is 1. The van der Waals surface area contributed by atoms with Gasteiger partial charge in [-0.2, -0.15) is 0 Å². The Bertz CT molecular complexity index is 1020. The van der Waals surface area contributed by atoms with Crippen LogP contribution in [-0.4, -0.2) is 50.5 Å². The van der Waals surface area contributed by atoms with Crippen LogP contribution in [0.2, 0.25) is 0 Å². The van der Waals surface area contributed by atoms with Crippen LogP contribution in [0.15, 0.2) is 38.8 Å². The first-order valence-electron chi connectivity index (χ1n) is 8.21. The number of H-pyrrole nitrogens is 1. The molecule has 3 rings (SSSR count). The van der Waals surface area contributed by atoms with Gasteiger partial charge in [0.05, 0.1) is 23.7 Å². The van der Waals surface area contributed by atoms with Gasteiger partial charge in [-0.25, -0.2) is 13.2 Å². The second-order valence-corrected chi connectivity index (χ2v) is 8.33. The molecule has 0 bridgehead atoms. The Hall–Kier alpha value is -2.39. The topological polar surface area (TPSA) is 101 Å². The van der Waals surface area contributed by atoms with E-state index in [9.17, 15) is 18.0 Å². The first kappa shape index (κ1) is 18.4. The van der Waals surface area contributed by atoms with Crippen molar-refractivity contribution in [1.29, 1.82) is 0 Å². The van der Waals surface area contributed by atoms with E-state index in [0.717, 1.165) is 16.4 Å². The normalized spacial score (nSPS) is 15.2. The number of aromatic nitrogens is 2. The van der Waals surface area contributed by atoms with E-state index in [0.29, 0.717) is 44.1 Å². The fourth-order valence-corrected chi connectivity index (χ4v) is 3.56. The van der Waals surface area contributed by atoms with Gasteiger partial charge in [0.1, 0.15) is 5.82 Å². The molecular formula is C17H21N3O5S. The maximum Gasteiger partial charge on any atom is 0.329 e. The van der Waals surface area contributed by atoms with Crippen LogP contribution >= 0.6 is 0 Å². The molecule has 1 aromatic heterocycles. The molecule has 1 aliphatic rings. The fraction of sp³-hybridized carbons (Fsp3) is 0.412. The van der Waals surface area contributed by atoms with Gasteiger partial charge in [0.2, 0.25) is 0 Å². The summed E-state index contributed by atoms with van der Waals surface area (Å²) in [6, 6.07) is 6.42. The summed E-state index contributed by atoms with van der Waals surface area (Å²) in [6.45, 7) is 2.23. The molecule has 2 aromatic rings. The third-order valence-electron chi connectivity index (χ3n) is 4.44. The van der Waals surface area contributed by atoms with Gasteiger partial charge in [0.25, 0.3) is 5.56 Å². The first-order chi connectivity index (χ1) is 12.3. The summed E-state index contributed by atoms with van der Waals surface area (Å²) < 4.78 is 29.6. The van der Waals surface area contributed by atoms with Crippen LogP contribution in [0.4, 0.5) is 5.82 Å². The van der Waals surface area contributed by atoms with Gasteiger partial charge in [-0.3, -0.25) is 14.3 Å². The van der Waals surface area contributed by atoms with E-state index in [1.165, 1.54) is 19.2 Å². The quantitative estimate of drug-likeness (QED) is 0.796. The van der Waals surface area contributed by atoms with Crippen molar-refractivity contribution in [3.05, 3.63) is 56.2 Å². The minimum atomic E-state index is -3.27. The van der Waals surface area contributed by atoms with Crippen LogP contribution in [0.5, 0.6) is 0 Å². The molecule has 1 aliphatic heterocycles. The molecule has 26 heavy (non-hydrogen) atoms. The van der Waals surface area contributed by atoms with Crippen LogP contribution in [0.25, 0.3) is 0 Å². The van der Waals surface area contributed by atoms with Gasteiger partial charge in [0, 0.05) is 32.8 Å². The van der Waals surface area contributed by atoms with Gasteiger partial charge in [-0.05, 0) is 17.7 Å². The molecule has 8 nitrogen and oxygen atoms in total. The van der Waals surface area contributed by atoms with Gasteiger partial charge >= 0.3 is 5.69 Å². The predicted molar refractivity (Wildman–Crippen MR) is 97.7 cm³/mol. The lowest BCUT2D eigenvalue weighted by Crippen LogP contribution is -2.43. The zero-order chi connectivity index (χ0) is 18.9. The summed E-state index contributed by atoms with van der Waals surface area (Å²) in [5, 5.41) is 0. The summed E-state index contributed by atoms with van der Waals surface area (Å²) in [5.41, 5.74) is 0.437. The average molecular weight is 379 g/mol. The van der Waals surface area contributed by atoms with E-state index in [1.807, 2.05) is 4.90 Å². The van der Waals surface area contributed by atoms with Crippen molar-refractivity contribution in [2.45, 2.75) is 11.3 Å². The standard InChI is InChI=1S/C17H21N3O5S/c1-19-16(21)14(11-12-3-5-13(6-4-12)26(2,23)24)15(18-17(19)22)20-7-9-25-10-8-20/h3-6H,7-11H2,1-2H3,(H,18,22). The van der Waals surface area contributed by atoms with E-state index in [-0.39, 0.29) is 10.5 Å². The molecule has 0 spiro atoms. The lowest BCUT2D eigenvalue weighted by Gasteiger charge is -2.29. The number of sulfone groups is 1. The molecule has 0 amide bonds. The van der Waals surface area contributed by atoms with E-state index in [4.69, 9.17) is 4.74 Å². The van der Waals surface area contributed by atoms with Crippen molar-refractivity contribution in [3.8, 4) is 0 Å². The van der Waals surface area contributed by atoms with Gasteiger partial charge in [-0.1, -0.05) is 12.1 Å². The third-order valence-corrected chi connectivity index (χ3v) is 5.57. The molecule has 140 valence electrons. The van der Waals surface area contributed by atoms with Crippen molar-refractivity contribution in [2.75, 3.05) is 37.5 Å². The van der Waals surface area contributed by atoms with E-state index in [2.05, 4.69) is 4.98 Å². The highest BCUT2D eigenvalue weighted by atomic mass is 32.2. The molecular weight excluding hydrogens is 358 g/mol. The number of morpholine rings is 1. The molecule has 1 N–H and O–H groups in total. The fourth-order valence-electron chi connectivity index (χ4n) is 2.93.